The molecule has 1 heterocycles. The zero-order valence-electron chi connectivity index (χ0n) is 8.45. The molecule has 0 spiro atoms. The molecule has 78 valence electrons. The Hall–Kier alpha value is -1.13. The molecule has 0 aliphatic rings. The fourth-order valence-corrected chi connectivity index (χ4v) is 1.29. The molecule has 1 aromatic rings. The van der Waals surface area contributed by atoms with Gasteiger partial charge >= 0.3 is 0 Å². The Morgan fingerprint density at radius 2 is 2.07 bits per heavy atom. The Kier molecular flexibility index (Phi) is 3.85. The second kappa shape index (κ2) is 4.93. The molecule has 1 aromatic heterocycles. The Labute approximate surface area is 83.2 Å². The third kappa shape index (κ3) is 2.43. The molecule has 0 atom stereocenters. The van der Waals surface area contributed by atoms with Crippen LogP contribution in [0.25, 0.3) is 0 Å². The lowest BCUT2D eigenvalue weighted by Crippen LogP contribution is -2.05. The van der Waals surface area contributed by atoms with Crippen LogP contribution in [0.5, 0.6) is 5.88 Å². The molecule has 14 heavy (non-hydrogen) atoms. The minimum absolute atomic E-state index is 0.00898. The number of hydrogen-bond donors (Lipinski definition) is 2. The first kappa shape index (κ1) is 10.9. The van der Waals surface area contributed by atoms with E-state index >= 15 is 0 Å². The summed E-state index contributed by atoms with van der Waals surface area (Å²) in [6.07, 6.45) is 0. The van der Waals surface area contributed by atoms with Gasteiger partial charge in [-0.3, -0.25) is 0 Å². The van der Waals surface area contributed by atoms with E-state index in [2.05, 4.69) is 4.98 Å². The second-order valence-corrected chi connectivity index (χ2v) is 3.07. The zero-order valence-corrected chi connectivity index (χ0v) is 8.45. The van der Waals surface area contributed by atoms with Crippen LogP contribution in [0.3, 0.4) is 0 Å². The summed E-state index contributed by atoms with van der Waals surface area (Å²) in [5, 5.41) is 17.6. The first-order valence-corrected chi connectivity index (χ1v) is 4.50. The molecular formula is C10H15NO3. The number of aryl methyl sites for hydroxylation is 2. The van der Waals surface area contributed by atoms with Gasteiger partial charge in [0.05, 0.1) is 13.2 Å². The lowest BCUT2D eigenvalue weighted by atomic mass is 10.1. The SMILES string of the molecule is Cc1cc(OCCO)nc(C)c1CO. The van der Waals surface area contributed by atoms with Crippen LogP contribution in [0.4, 0.5) is 0 Å². The molecule has 0 bridgehead atoms. The quantitative estimate of drug-likeness (QED) is 0.740. The molecule has 0 aromatic carbocycles. The number of ether oxygens (including phenoxy) is 1. The van der Waals surface area contributed by atoms with Crippen LogP contribution >= 0.6 is 0 Å². The van der Waals surface area contributed by atoms with Crippen LogP contribution in [0.15, 0.2) is 6.07 Å². The van der Waals surface area contributed by atoms with Crippen molar-refractivity contribution in [1.82, 2.24) is 4.98 Å². The molecule has 4 heteroatoms. The molecule has 0 fully saturated rings. The van der Waals surface area contributed by atoms with E-state index in [4.69, 9.17) is 14.9 Å². The highest BCUT2D eigenvalue weighted by Crippen LogP contribution is 2.17. The van der Waals surface area contributed by atoms with Gasteiger partial charge in [-0.25, -0.2) is 4.98 Å². The van der Waals surface area contributed by atoms with Crippen molar-refractivity contribution in [3.8, 4) is 5.88 Å². The van der Waals surface area contributed by atoms with Crippen molar-refractivity contribution < 1.29 is 14.9 Å². The van der Waals surface area contributed by atoms with E-state index in [-0.39, 0.29) is 19.8 Å². The number of aliphatic hydroxyl groups is 2. The van der Waals surface area contributed by atoms with E-state index in [0.717, 1.165) is 16.8 Å². The zero-order chi connectivity index (χ0) is 10.6. The first-order valence-electron chi connectivity index (χ1n) is 4.50. The third-order valence-electron chi connectivity index (χ3n) is 2.03. The predicted molar refractivity (Wildman–Crippen MR) is 52.2 cm³/mol. The van der Waals surface area contributed by atoms with Gasteiger partial charge in [0, 0.05) is 17.3 Å². The monoisotopic (exact) mass is 197 g/mol. The highest BCUT2D eigenvalue weighted by Gasteiger charge is 2.05. The van der Waals surface area contributed by atoms with E-state index in [1.165, 1.54) is 0 Å². The van der Waals surface area contributed by atoms with Crippen LogP contribution in [-0.4, -0.2) is 28.4 Å². The summed E-state index contributed by atoms with van der Waals surface area (Å²) in [7, 11) is 0. The lowest BCUT2D eigenvalue weighted by molar-refractivity contribution is 0.196. The van der Waals surface area contributed by atoms with Gasteiger partial charge in [-0.05, 0) is 19.4 Å². The molecule has 0 saturated heterocycles. The largest absolute Gasteiger partial charge is 0.475 e. The summed E-state index contributed by atoms with van der Waals surface area (Å²) in [5.74, 6) is 0.492. The predicted octanol–water partition coefficient (Wildman–Crippen LogP) is 0.562. The summed E-state index contributed by atoms with van der Waals surface area (Å²) in [6.45, 7) is 3.92. The molecule has 4 nitrogen and oxygen atoms in total. The average molecular weight is 197 g/mol. The van der Waals surface area contributed by atoms with Gasteiger partial charge in [-0.15, -0.1) is 0 Å². The minimum Gasteiger partial charge on any atom is -0.475 e. The fourth-order valence-electron chi connectivity index (χ4n) is 1.29. The molecule has 0 radical (unpaired) electrons. The smallest absolute Gasteiger partial charge is 0.213 e. The highest BCUT2D eigenvalue weighted by molar-refractivity contribution is 5.32. The Morgan fingerprint density at radius 1 is 1.36 bits per heavy atom. The molecular weight excluding hydrogens is 182 g/mol. The van der Waals surface area contributed by atoms with Gasteiger partial charge in [0.2, 0.25) is 5.88 Å². The van der Waals surface area contributed by atoms with Crippen molar-refractivity contribution in [2.45, 2.75) is 20.5 Å². The molecule has 1 rings (SSSR count). The normalized spacial score (nSPS) is 10.3. The number of rotatable bonds is 4. The third-order valence-corrected chi connectivity index (χ3v) is 2.03. The molecule has 0 aliphatic carbocycles. The van der Waals surface area contributed by atoms with Gasteiger partial charge in [0.25, 0.3) is 0 Å². The minimum atomic E-state index is -0.0263. The van der Waals surface area contributed by atoms with Gasteiger partial charge in [-0.1, -0.05) is 0 Å². The molecule has 2 N–H and O–H groups in total. The van der Waals surface area contributed by atoms with Crippen LogP contribution < -0.4 is 4.74 Å². The first-order chi connectivity index (χ1) is 6.69. The van der Waals surface area contributed by atoms with Crippen LogP contribution in [0.2, 0.25) is 0 Å². The summed E-state index contributed by atoms with van der Waals surface area (Å²) in [4.78, 5) is 4.15. The van der Waals surface area contributed by atoms with Gasteiger partial charge in [-0.2, -0.15) is 0 Å². The van der Waals surface area contributed by atoms with E-state index < -0.39 is 0 Å². The maximum Gasteiger partial charge on any atom is 0.213 e. The van der Waals surface area contributed by atoms with E-state index in [1.54, 1.807) is 6.07 Å². The lowest BCUT2D eigenvalue weighted by Gasteiger charge is -2.09. The van der Waals surface area contributed by atoms with Gasteiger partial charge < -0.3 is 14.9 Å². The fraction of sp³-hybridized carbons (Fsp3) is 0.500. The summed E-state index contributed by atoms with van der Waals surface area (Å²) in [5.41, 5.74) is 2.55. The van der Waals surface area contributed by atoms with Crippen LogP contribution in [0.1, 0.15) is 16.8 Å². The second-order valence-electron chi connectivity index (χ2n) is 3.07. The number of hydrogen-bond acceptors (Lipinski definition) is 4. The van der Waals surface area contributed by atoms with Crippen molar-refractivity contribution in [2.75, 3.05) is 13.2 Å². The van der Waals surface area contributed by atoms with Gasteiger partial charge in [0.1, 0.15) is 6.61 Å². The molecule has 0 saturated carbocycles. The van der Waals surface area contributed by atoms with Crippen molar-refractivity contribution in [1.29, 1.82) is 0 Å². The summed E-state index contributed by atoms with van der Waals surface area (Å²) >= 11 is 0. The van der Waals surface area contributed by atoms with Crippen LogP contribution in [-0.2, 0) is 6.61 Å². The highest BCUT2D eigenvalue weighted by atomic mass is 16.5. The van der Waals surface area contributed by atoms with Crippen molar-refractivity contribution >= 4 is 0 Å². The summed E-state index contributed by atoms with van der Waals surface area (Å²) in [6, 6.07) is 1.76. The topological polar surface area (TPSA) is 62.6 Å². The number of pyridine rings is 1. The Morgan fingerprint density at radius 3 is 2.57 bits per heavy atom. The Bertz CT molecular complexity index is 289. The van der Waals surface area contributed by atoms with Crippen molar-refractivity contribution in [3.63, 3.8) is 0 Å². The summed E-state index contributed by atoms with van der Waals surface area (Å²) < 4.78 is 5.17. The molecule has 0 amide bonds. The molecule has 0 aliphatic heterocycles. The number of nitrogens with zero attached hydrogens (tertiary/aromatic N) is 1. The average Bonchev–Trinajstić information content (AvgIpc) is 2.14. The molecule has 0 unspecified atom stereocenters. The number of aromatic nitrogens is 1. The van der Waals surface area contributed by atoms with Gasteiger partial charge in [0.15, 0.2) is 0 Å². The van der Waals surface area contributed by atoms with E-state index in [1.807, 2.05) is 13.8 Å². The maximum atomic E-state index is 9.05. The Balaban J connectivity index is 2.90. The van der Waals surface area contributed by atoms with E-state index in [0.29, 0.717) is 5.88 Å². The van der Waals surface area contributed by atoms with Crippen molar-refractivity contribution in [3.05, 3.63) is 22.9 Å². The standard InChI is InChI=1S/C10H15NO3/c1-7-5-10(14-4-3-12)11-8(2)9(7)6-13/h5,12-13H,3-4,6H2,1-2H3. The number of aliphatic hydroxyl groups excluding tert-OH is 2. The maximum absolute atomic E-state index is 9.05. The van der Waals surface area contributed by atoms with Crippen LogP contribution in [0, 0.1) is 13.8 Å². The van der Waals surface area contributed by atoms with Crippen molar-refractivity contribution in [2.24, 2.45) is 0 Å². The van der Waals surface area contributed by atoms with E-state index in [9.17, 15) is 0 Å².